The van der Waals surface area contributed by atoms with Crippen LogP contribution in [0, 0.1) is 0 Å². The number of pyridine rings is 1. The van der Waals surface area contributed by atoms with Crippen LogP contribution in [0.5, 0.6) is 5.75 Å². The van der Waals surface area contributed by atoms with Crippen LogP contribution in [0.4, 0.5) is 0 Å². The Morgan fingerprint density at radius 1 is 1.03 bits per heavy atom. The highest BCUT2D eigenvalue weighted by atomic mass is 16.5. The highest BCUT2D eigenvalue weighted by molar-refractivity contribution is 5.89. The number of aromatic nitrogens is 2. The summed E-state index contributed by atoms with van der Waals surface area (Å²) in [5, 5.41) is 11.3. The third kappa shape index (κ3) is 4.50. The van der Waals surface area contributed by atoms with Crippen LogP contribution < -0.4 is 10.3 Å². The maximum atomic E-state index is 12.6. The van der Waals surface area contributed by atoms with Crippen molar-refractivity contribution in [2.24, 2.45) is 0 Å². The Bertz CT molecular complexity index is 1360. The number of carbonyl (C=O) groups is 1. The molecule has 3 heterocycles. The van der Waals surface area contributed by atoms with Gasteiger partial charge in [0.05, 0.1) is 17.9 Å². The zero-order chi connectivity index (χ0) is 22.8. The third-order valence-electron chi connectivity index (χ3n) is 6.39. The van der Waals surface area contributed by atoms with Gasteiger partial charge in [0, 0.05) is 23.0 Å². The fourth-order valence-corrected chi connectivity index (χ4v) is 4.69. The predicted octanol–water partition coefficient (Wildman–Crippen LogP) is 4.38. The number of rotatable bonds is 7. The Kier molecular flexibility index (Phi) is 5.88. The first-order valence-corrected chi connectivity index (χ1v) is 11.4. The van der Waals surface area contributed by atoms with Gasteiger partial charge in [0.2, 0.25) is 0 Å². The maximum Gasteiger partial charge on any atom is 0.320 e. The summed E-state index contributed by atoms with van der Waals surface area (Å²) in [5.74, 6) is 0.0310. The number of fused-ring (bicyclic) bond motifs is 2. The summed E-state index contributed by atoms with van der Waals surface area (Å²) in [4.78, 5) is 32.4. The van der Waals surface area contributed by atoms with Crippen LogP contribution in [0.2, 0.25) is 0 Å². The van der Waals surface area contributed by atoms with Crippen LogP contribution >= 0.6 is 0 Å². The van der Waals surface area contributed by atoms with E-state index in [0.717, 1.165) is 72.0 Å². The van der Waals surface area contributed by atoms with Crippen LogP contribution in [0.1, 0.15) is 25.7 Å². The molecule has 2 aromatic heterocycles. The topological polar surface area (TPSA) is 98.4 Å². The van der Waals surface area contributed by atoms with E-state index in [1.54, 1.807) is 0 Å². The van der Waals surface area contributed by atoms with E-state index < -0.39 is 5.97 Å². The summed E-state index contributed by atoms with van der Waals surface area (Å²) in [5.41, 5.74) is 2.98. The average Bonchev–Trinajstić information content (AvgIpc) is 3.24. The SMILES string of the molecule is O=C(O)C1CCCCN1CCCOc1ccc2[nH]c(-c3cc4ccccc4[nH]c3=O)cc2c1. The molecule has 1 saturated heterocycles. The Balaban J connectivity index is 1.27. The minimum absolute atomic E-state index is 0.130. The van der Waals surface area contributed by atoms with Crippen LogP contribution in [0.25, 0.3) is 33.1 Å². The highest BCUT2D eigenvalue weighted by Crippen LogP contribution is 2.27. The molecule has 1 aliphatic heterocycles. The number of aliphatic carboxylic acids is 1. The second kappa shape index (κ2) is 9.11. The number of carboxylic acids is 1. The predicted molar refractivity (Wildman–Crippen MR) is 129 cm³/mol. The Hall–Kier alpha value is -3.58. The van der Waals surface area contributed by atoms with Crippen molar-refractivity contribution >= 4 is 27.8 Å². The number of piperidine rings is 1. The molecule has 0 aliphatic carbocycles. The highest BCUT2D eigenvalue weighted by Gasteiger charge is 2.27. The van der Waals surface area contributed by atoms with Crippen LogP contribution in [-0.2, 0) is 4.79 Å². The zero-order valence-electron chi connectivity index (χ0n) is 18.3. The maximum absolute atomic E-state index is 12.6. The monoisotopic (exact) mass is 445 g/mol. The minimum atomic E-state index is -0.727. The van der Waals surface area contributed by atoms with E-state index in [0.29, 0.717) is 12.2 Å². The minimum Gasteiger partial charge on any atom is -0.494 e. The van der Waals surface area contributed by atoms with Gasteiger partial charge in [-0.3, -0.25) is 14.5 Å². The molecule has 1 unspecified atom stereocenters. The lowest BCUT2D eigenvalue weighted by Crippen LogP contribution is -2.45. The summed E-state index contributed by atoms with van der Waals surface area (Å²) in [7, 11) is 0. The molecule has 0 radical (unpaired) electrons. The standard InChI is InChI=1S/C26H27N3O4/c30-25-20(15-17-6-1-2-7-21(17)28-25)23-16-18-14-19(9-10-22(18)27-23)33-13-5-12-29-11-4-3-8-24(29)26(31)32/h1-2,6-7,9-10,14-16,24,27H,3-5,8,11-13H2,(H,28,30)(H,31,32). The van der Waals surface area contributed by atoms with Crippen molar-refractivity contribution in [2.45, 2.75) is 31.7 Å². The van der Waals surface area contributed by atoms with Crippen molar-refractivity contribution in [2.75, 3.05) is 19.7 Å². The Morgan fingerprint density at radius 3 is 2.76 bits per heavy atom. The van der Waals surface area contributed by atoms with Gasteiger partial charge in [-0.1, -0.05) is 24.6 Å². The van der Waals surface area contributed by atoms with E-state index in [1.807, 2.05) is 54.6 Å². The Labute approximate surface area is 191 Å². The number of benzene rings is 2. The molecule has 7 heteroatoms. The van der Waals surface area contributed by atoms with Crippen molar-refractivity contribution in [1.29, 1.82) is 0 Å². The average molecular weight is 446 g/mol. The van der Waals surface area contributed by atoms with Gasteiger partial charge in [0.1, 0.15) is 11.8 Å². The molecule has 5 rings (SSSR count). The van der Waals surface area contributed by atoms with Gasteiger partial charge in [-0.15, -0.1) is 0 Å². The van der Waals surface area contributed by atoms with Crippen LogP contribution in [0.3, 0.4) is 0 Å². The number of nitrogens with one attached hydrogen (secondary N) is 2. The van der Waals surface area contributed by atoms with E-state index in [2.05, 4.69) is 14.9 Å². The molecule has 1 aliphatic rings. The fourth-order valence-electron chi connectivity index (χ4n) is 4.69. The van der Waals surface area contributed by atoms with Crippen LogP contribution in [-0.4, -0.2) is 51.7 Å². The second-order valence-corrected chi connectivity index (χ2v) is 8.62. The number of hydrogen-bond donors (Lipinski definition) is 3. The van der Waals surface area contributed by atoms with E-state index in [-0.39, 0.29) is 11.6 Å². The first-order chi connectivity index (χ1) is 16.1. The quantitative estimate of drug-likeness (QED) is 0.367. The van der Waals surface area contributed by atoms with Crippen molar-refractivity contribution < 1.29 is 14.6 Å². The first-order valence-electron chi connectivity index (χ1n) is 11.4. The number of H-pyrrole nitrogens is 2. The van der Waals surface area contributed by atoms with Crippen molar-refractivity contribution in [3.8, 4) is 17.0 Å². The molecule has 4 aromatic rings. The molecule has 7 nitrogen and oxygen atoms in total. The van der Waals surface area contributed by atoms with Crippen LogP contribution in [0.15, 0.2) is 59.4 Å². The molecule has 0 amide bonds. The molecule has 170 valence electrons. The lowest BCUT2D eigenvalue weighted by atomic mass is 10.0. The summed E-state index contributed by atoms with van der Waals surface area (Å²) >= 11 is 0. The van der Waals surface area contributed by atoms with E-state index in [9.17, 15) is 14.7 Å². The van der Waals surface area contributed by atoms with E-state index >= 15 is 0 Å². The number of likely N-dealkylation sites (tertiary alicyclic amines) is 1. The summed E-state index contributed by atoms with van der Waals surface area (Å²) in [6, 6.07) is 17.1. The van der Waals surface area contributed by atoms with Crippen molar-refractivity contribution in [1.82, 2.24) is 14.9 Å². The molecule has 33 heavy (non-hydrogen) atoms. The summed E-state index contributed by atoms with van der Waals surface area (Å²) < 4.78 is 5.94. The molecule has 3 N–H and O–H groups in total. The number of para-hydroxylation sites is 1. The van der Waals surface area contributed by atoms with E-state index in [1.165, 1.54) is 0 Å². The van der Waals surface area contributed by atoms with Gasteiger partial charge in [-0.25, -0.2) is 0 Å². The smallest absolute Gasteiger partial charge is 0.320 e. The van der Waals surface area contributed by atoms with Gasteiger partial charge in [-0.05, 0) is 67.6 Å². The molecular weight excluding hydrogens is 418 g/mol. The number of hydrogen-bond acceptors (Lipinski definition) is 4. The number of aromatic amines is 2. The largest absolute Gasteiger partial charge is 0.494 e. The third-order valence-corrected chi connectivity index (χ3v) is 6.39. The fraction of sp³-hybridized carbons (Fsp3) is 0.308. The van der Waals surface area contributed by atoms with E-state index in [4.69, 9.17) is 4.74 Å². The second-order valence-electron chi connectivity index (χ2n) is 8.62. The molecule has 1 fully saturated rings. The Morgan fingerprint density at radius 2 is 1.88 bits per heavy atom. The molecule has 1 atom stereocenters. The van der Waals surface area contributed by atoms with Gasteiger partial charge in [0.25, 0.3) is 5.56 Å². The zero-order valence-corrected chi connectivity index (χ0v) is 18.3. The normalized spacial score (nSPS) is 16.9. The van der Waals surface area contributed by atoms with Crippen molar-refractivity contribution in [3.05, 3.63) is 65.0 Å². The van der Waals surface area contributed by atoms with Gasteiger partial charge >= 0.3 is 5.97 Å². The summed E-state index contributed by atoms with van der Waals surface area (Å²) in [6.45, 7) is 2.08. The number of carboxylic acid groups (broad SMARTS) is 1. The van der Waals surface area contributed by atoms with Gasteiger partial charge in [-0.2, -0.15) is 0 Å². The number of nitrogens with zero attached hydrogens (tertiary/aromatic N) is 1. The molecule has 0 spiro atoms. The van der Waals surface area contributed by atoms with Crippen molar-refractivity contribution in [3.63, 3.8) is 0 Å². The first kappa shape index (κ1) is 21.3. The lowest BCUT2D eigenvalue weighted by molar-refractivity contribution is -0.144. The molecule has 0 saturated carbocycles. The van der Waals surface area contributed by atoms with Gasteiger partial charge in [0.15, 0.2) is 0 Å². The summed E-state index contributed by atoms with van der Waals surface area (Å²) in [6.07, 6.45) is 3.53. The molecular formula is C26H27N3O4. The molecule has 0 bridgehead atoms. The number of ether oxygens (including phenoxy) is 1. The van der Waals surface area contributed by atoms with Gasteiger partial charge < -0.3 is 19.8 Å². The molecule has 2 aromatic carbocycles. The lowest BCUT2D eigenvalue weighted by Gasteiger charge is -2.32.